The molecule has 2 rings (SSSR count). The molecular formula is C13H21N3O3. The molecule has 0 aromatic heterocycles. The van der Waals surface area contributed by atoms with E-state index in [9.17, 15) is 14.4 Å². The van der Waals surface area contributed by atoms with Gasteiger partial charge in [-0.3, -0.25) is 19.7 Å². The van der Waals surface area contributed by atoms with E-state index in [1.54, 1.807) is 0 Å². The number of amides is 3. The first kappa shape index (κ1) is 14.0. The number of piperidine rings is 1. The second-order valence-corrected chi connectivity index (χ2v) is 5.48. The molecule has 6 heteroatoms. The van der Waals surface area contributed by atoms with Gasteiger partial charge in [0.05, 0.1) is 0 Å². The van der Waals surface area contributed by atoms with E-state index in [1.165, 1.54) is 0 Å². The molecule has 1 saturated carbocycles. The molecule has 0 radical (unpaired) electrons. The molecule has 3 atom stereocenters. The highest BCUT2D eigenvalue weighted by Gasteiger charge is 2.29. The fourth-order valence-electron chi connectivity index (χ4n) is 2.81. The minimum atomic E-state index is -0.579. The van der Waals surface area contributed by atoms with E-state index < -0.39 is 11.9 Å². The fourth-order valence-corrected chi connectivity index (χ4v) is 2.81. The maximum atomic E-state index is 11.9. The van der Waals surface area contributed by atoms with E-state index in [1.807, 2.05) is 0 Å². The molecule has 0 spiro atoms. The van der Waals surface area contributed by atoms with Crippen molar-refractivity contribution in [3.05, 3.63) is 0 Å². The number of rotatable bonds is 3. The number of carbonyl (C=O) groups excluding carboxylic acids is 3. The average molecular weight is 267 g/mol. The standard InChI is InChI=1S/C13H21N3O3/c14-9-4-2-1-3-8(9)7-12(18)15-10-5-6-11(17)16-13(10)19/h8-10H,1-7,14H2,(H,15,18)(H,16,17,19). The molecule has 1 saturated heterocycles. The summed E-state index contributed by atoms with van der Waals surface area (Å²) in [5.41, 5.74) is 6.00. The van der Waals surface area contributed by atoms with Crippen LogP contribution in [0.3, 0.4) is 0 Å². The van der Waals surface area contributed by atoms with Crippen molar-refractivity contribution in [1.82, 2.24) is 10.6 Å². The van der Waals surface area contributed by atoms with Crippen molar-refractivity contribution >= 4 is 17.7 Å². The Morgan fingerprint density at radius 1 is 1.26 bits per heavy atom. The summed E-state index contributed by atoms with van der Waals surface area (Å²) < 4.78 is 0. The number of hydrogen-bond acceptors (Lipinski definition) is 4. The predicted octanol–water partition coefficient (Wildman–Crippen LogP) is -0.185. The minimum Gasteiger partial charge on any atom is -0.344 e. The molecule has 106 valence electrons. The molecule has 6 nitrogen and oxygen atoms in total. The van der Waals surface area contributed by atoms with Crippen LogP contribution in [0.5, 0.6) is 0 Å². The van der Waals surface area contributed by atoms with Crippen LogP contribution in [0.15, 0.2) is 0 Å². The number of imide groups is 1. The smallest absolute Gasteiger partial charge is 0.249 e. The van der Waals surface area contributed by atoms with Gasteiger partial charge in [0.15, 0.2) is 0 Å². The van der Waals surface area contributed by atoms with E-state index >= 15 is 0 Å². The van der Waals surface area contributed by atoms with E-state index in [0.29, 0.717) is 12.8 Å². The van der Waals surface area contributed by atoms with Crippen LogP contribution in [0.2, 0.25) is 0 Å². The number of hydrogen-bond donors (Lipinski definition) is 3. The van der Waals surface area contributed by atoms with E-state index in [2.05, 4.69) is 10.6 Å². The summed E-state index contributed by atoms with van der Waals surface area (Å²) in [5, 5.41) is 4.93. The third-order valence-corrected chi connectivity index (χ3v) is 3.99. The summed E-state index contributed by atoms with van der Waals surface area (Å²) in [6.45, 7) is 0. The maximum Gasteiger partial charge on any atom is 0.249 e. The zero-order valence-corrected chi connectivity index (χ0v) is 11.0. The van der Waals surface area contributed by atoms with Gasteiger partial charge in [0.2, 0.25) is 17.7 Å². The lowest BCUT2D eigenvalue weighted by atomic mass is 9.83. The van der Waals surface area contributed by atoms with Crippen LogP contribution >= 0.6 is 0 Å². The van der Waals surface area contributed by atoms with Gasteiger partial charge >= 0.3 is 0 Å². The van der Waals surface area contributed by atoms with Crippen LogP contribution in [0, 0.1) is 5.92 Å². The van der Waals surface area contributed by atoms with Crippen LogP contribution in [0.1, 0.15) is 44.9 Å². The summed E-state index contributed by atoms with van der Waals surface area (Å²) in [5.74, 6) is -0.610. The van der Waals surface area contributed by atoms with Gasteiger partial charge in [-0.2, -0.15) is 0 Å². The van der Waals surface area contributed by atoms with Crippen molar-refractivity contribution in [2.75, 3.05) is 0 Å². The Labute approximate surface area is 112 Å². The molecule has 2 fully saturated rings. The molecule has 3 unspecified atom stereocenters. The van der Waals surface area contributed by atoms with Crippen LogP contribution in [-0.2, 0) is 14.4 Å². The second-order valence-electron chi connectivity index (χ2n) is 5.48. The molecule has 2 aliphatic rings. The van der Waals surface area contributed by atoms with Gasteiger partial charge in [-0.05, 0) is 25.2 Å². The molecule has 1 aliphatic heterocycles. The summed E-state index contributed by atoms with van der Waals surface area (Å²) >= 11 is 0. The minimum absolute atomic E-state index is 0.0845. The first-order valence-corrected chi connectivity index (χ1v) is 6.95. The Balaban J connectivity index is 1.80. The molecule has 0 bridgehead atoms. The topological polar surface area (TPSA) is 101 Å². The quantitative estimate of drug-likeness (QED) is 0.617. The second kappa shape index (κ2) is 6.14. The van der Waals surface area contributed by atoms with E-state index in [0.717, 1.165) is 25.7 Å². The van der Waals surface area contributed by atoms with E-state index in [-0.39, 0.29) is 30.2 Å². The molecule has 1 aliphatic carbocycles. The van der Waals surface area contributed by atoms with Gasteiger partial charge in [0.1, 0.15) is 6.04 Å². The van der Waals surface area contributed by atoms with E-state index in [4.69, 9.17) is 5.73 Å². The highest BCUT2D eigenvalue weighted by molar-refractivity contribution is 6.01. The number of carbonyl (C=O) groups is 3. The third kappa shape index (κ3) is 3.76. The molecule has 4 N–H and O–H groups in total. The summed E-state index contributed by atoms with van der Waals surface area (Å²) in [6.07, 6.45) is 5.22. The Hall–Kier alpha value is -1.43. The predicted molar refractivity (Wildman–Crippen MR) is 68.9 cm³/mol. The lowest BCUT2D eigenvalue weighted by molar-refractivity contribution is -0.137. The molecule has 3 amide bonds. The first-order valence-electron chi connectivity index (χ1n) is 6.95. The molecule has 0 aromatic rings. The largest absolute Gasteiger partial charge is 0.344 e. The van der Waals surface area contributed by atoms with Crippen molar-refractivity contribution in [2.24, 2.45) is 11.7 Å². The molecule has 19 heavy (non-hydrogen) atoms. The Bertz CT molecular complexity index is 383. The SMILES string of the molecule is NC1CCCCC1CC(=O)NC1CCC(=O)NC1=O. The van der Waals surface area contributed by atoms with Crippen LogP contribution < -0.4 is 16.4 Å². The summed E-state index contributed by atoms with van der Waals surface area (Å²) in [6, 6.07) is -0.494. The van der Waals surface area contributed by atoms with Crippen molar-refractivity contribution in [2.45, 2.75) is 57.0 Å². The van der Waals surface area contributed by atoms with Crippen molar-refractivity contribution in [1.29, 1.82) is 0 Å². The fraction of sp³-hybridized carbons (Fsp3) is 0.769. The van der Waals surface area contributed by atoms with Crippen molar-refractivity contribution in [3.8, 4) is 0 Å². The first-order chi connectivity index (χ1) is 9.06. The lowest BCUT2D eigenvalue weighted by Gasteiger charge is -2.29. The van der Waals surface area contributed by atoms with Gasteiger partial charge in [-0.15, -0.1) is 0 Å². The van der Waals surface area contributed by atoms with Gasteiger partial charge in [-0.1, -0.05) is 12.8 Å². The van der Waals surface area contributed by atoms with Crippen LogP contribution in [0.25, 0.3) is 0 Å². The summed E-state index contributed by atoms with van der Waals surface area (Å²) in [4.78, 5) is 34.4. The highest BCUT2D eigenvalue weighted by atomic mass is 16.2. The van der Waals surface area contributed by atoms with Gasteiger partial charge in [0, 0.05) is 18.9 Å². The Morgan fingerprint density at radius 3 is 2.68 bits per heavy atom. The monoisotopic (exact) mass is 267 g/mol. The summed E-state index contributed by atoms with van der Waals surface area (Å²) in [7, 11) is 0. The van der Waals surface area contributed by atoms with Gasteiger partial charge in [-0.25, -0.2) is 0 Å². The normalized spacial score (nSPS) is 31.7. The highest BCUT2D eigenvalue weighted by Crippen LogP contribution is 2.25. The molecular weight excluding hydrogens is 246 g/mol. The zero-order valence-electron chi connectivity index (χ0n) is 11.0. The van der Waals surface area contributed by atoms with Crippen molar-refractivity contribution < 1.29 is 14.4 Å². The Morgan fingerprint density at radius 2 is 2.00 bits per heavy atom. The average Bonchev–Trinajstić information content (AvgIpc) is 2.36. The molecule has 1 heterocycles. The van der Waals surface area contributed by atoms with Crippen molar-refractivity contribution in [3.63, 3.8) is 0 Å². The Kier molecular flexibility index (Phi) is 4.52. The molecule has 0 aromatic carbocycles. The number of nitrogens with one attached hydrogen (secondary N) is 2. The van der Waals surface area contributed by atoms with Gasteiger partial charge < -0.3 is 11.1 Å². The lowest BCUT2D eigenvalue weighted by Crippen LogP contribution is -2.52. The third-order valence-electron chi connectivity index (χ3n) is 3.99. The van der Waals surface area contributed by atoms with Crippen LogP contribution in [0.4, 0.5) is 0 Å². The number of nitrogens with two attached hydrogens (primary N) is 1. The maximum absolute atomic E-state index is 11.9. The van der Waals surface area contributed by atoms with Gasteiger partial charge in [0.25, 0.3) is 0 Å². The zero-order chi connectivity index (χ0) is 13.8. The van der Waals surface area contributed by atoms with Crippen LogP contribution in [-0.4, -0.2) is 29.8 Å².